The number of nitrogens with zero attached hydrogens (tertiary/aromatic N) is 4. The SMILES string of the molecule is CC(C)n1c(O)c(N=Nc2nc(Cl)c(Cl)cc2Cl)c2ccccc21. The summed E-state index contributed by atoms with van der Waals surface area (Å²) >= 11 is 17.8. The molecule has 0 aliphatic carbocycles. The van der Waals surface area contributed by atoms with Gasteiger partial charge in [-0.15, -0.1) is 10.2 Å². The highest BCUT2D eigenvalue weighted by Crippen LogP contribution is 2.41. The Hall–Kier alpha value is -1.82. The molecule has 1 N–H and O–H groups in total. The predicted octanol–water partition coefficient (Wildman–Crippen LogP) is 6.70. The zero-order valence-electron chi connectivity index (χ0n) is 12.8. The average Bonchev–Trinajstić information content (AvgIpc) is 2.81. The van der Waals surface area contributed by atoms with E-state index >= 15 is 0 Å². The van der Waals surface area contributed by atoms with E-state index in [9.17, 15) is 5.11 Å². The number of hydrogen-bond acceptors (Lipinski definition) is 4. The standard InChI is InChI=1S/C16H13Cl3N4O/c1-8(2)23-12-6-4-3-5-9(12)13(16(23)24)21-22-15-11(18)7-10(17)14(19)20-15/h3-8,24H,1-2H3. The summed E-state index contributed by atoms with van der Waals surface area (Å²) in [5.74, 6) is 0.165. The maximum absolute atomic E-state index is 10.5. The molecule has 0 atom stereocenters. The summed E-state index contributed by atoms with van der Waals surface area (Å²) in [6, 6.07) is 9.06. The lowest BCUT2D eigenvalue weighted by Gasteiger charge is -2.10. The molecular formula is C16H13Cl3N4O. The fourth-order valence-corrected chi connectivity index (χ4v) is 2.99. The van der Waals surface area contributed by atoms with Gasteiger partial charge in [0.2, 0.25) is 5.88 Å². The molecule has 0 aliphatic heterocycles. The van der Waals surface area contributed by atoms with E-state index in [1.165, 1.54) is 6.07 Å². The predicted molar refractivity (Wildman–Crippen MR) is 97.4 cm³/mol. The number of aromatic nitrogens is 2. The molecule has 0 bridgehead atoms. The van der Waals surface area contributed by atoms with Crippen molar-refractivity contribution in [1.29, 1.82) is 0 Å². The summed E-state index contributed by atoms with van der Waals surface area (Å²) in [7, 11) is 0. The van der Waals surface area contributed by atoms with E-state index in [0.717, 1.165) is 10.9 Å². The topological polar surface area (TPSA) is 62.8 Å². The number of azo groups is 1. The number of halogens is 3. The van der Waals surface area contributed by atoms with Crippen molar-refractivity contribution in [2.24, 2.45) is 10.2 Å². The third-order valence-corrected chi connectivity index (χ3v) is 4.44. The summed E-state index contributed by atoms with van der Waals surface area (Å²) in [6.07, 6.45) is 0. The first kappa shape index (κ1) is 17.0. The average molecular weight is 384 g/mol. The lowest BCUT2D eigenvalue weighted by atomic mass is 10.2. The molecule has 0 amide bonds. The summed E-state index contributed by atoms with van der Waals surface area (Å²) < 4.78 is 1.79. The lowest BCUT2D eigenvalue weighted by Crippen LogP contribution is -1.98. The molecule has 0 unspecified atom stereocenters. The molecule has 0 aliphatic rings. The fraction of sp³-hybridized carbons (Fsp3) is 0.188. The molecule has 3 rings (SSSR count). The zero-order chi connectivity index (χ0) is 17.4. The summed E-state index contributed by atoms with van der Waals surface area (Å²) in [5.41, 5.74) is 1.22. The van der Waals surface area contributed by atoms with Crippen molar-refractivity contribution in [3.05, 3.63) is 45.5 Å². The van der Waals surface area contributed by atoms with Crippen LogP contribution in [0.3, 0.4) is 0 Å². The Kier molecular flexibility index (Phi) is 4.67. The van der Waals surface area contributed by atoms with Crippen LogP contribution in [-0.4, -0.2) is 14.7 Å². The quantitative estimate of drug-likeness (QED) is 0.404. The molecule has 0 fully saturated rings. The second-order valence-electron chi connectivity index (χ2n) is 5.42. The van der Waals surface area contributed by atoms with Gasteiger partial charge in [-0.1, -0.05) is 53.0 Å². The Morgan fingerprint density at radius 1 is 1.08 bits per heavy atom. The Labute approximate surface area is 153 Å². The van der Waals surface area contributed by atoms with Crippen molar-refractivity contribution < 1.29 is 5.11 Å². The fourth-order valence-electron chi connectivity index (χ4n) is 2.46. The third-order valence-electron chi connectivity index (χ3n) is 3.49. The van der Waals surface area contributed by atoms with E-state index in [0.29, 0.717) is 5.69 Å². The number of fused-ring (bicyclic) bond motifs is 1. The molecule has 2 heterocycles. The first-order valence-electron chi connectivity index (χ1n) is 7.15. The number of para-hydroxylation sites is 1. The van der Waals surface area contributed by atoms with Crippen molar-refractivity contribution >= 4 is 57.2 Å². The molecule has 3 aromatic rings. The van der Waals surface area contributed by atoms with Gasteiger partial charge in [0.05, 0.1) is 15.6 Å². The number of rotatable bonds is 3. The van der Waals surface area contributed by atoms with Gasteiger partial charge in [-0.25, -0.2) is 4.98 Å². The van der Waals surface area contributed by atoms with Crippen molar-refractivity contribution in [2.45, 2.75) is 19.9 Å². The van der Waals surface area contributed by atoms with E-state index < -0.39 is 0 Å². The van der Waals surface area contributed by atoms with Crippen LogP contribution in [0.15, 0.2) is 40.6 Å². The molecule has 0 saturated carbocycles. The maximum Gasteiger partial charge on any atom is 0.221 e. The number of hydrogen-bond donors (Lipinski definition) is 1. The first-order valence-corrected chi connectivity index (χ1v) is 8.28. The highest BCUT2D eigenvalue weighted by atomic mass is 35.5. The highest BCUT2D eigenvalue weighted by Gasteiger charge is 2.18. The van der Waals surface area contributed by atoms with Gasteiger partial charge >= 0.3 is 0 Å². The highest BCUT2D eigenvalue weighted by molar-refractivity contribution is 6.42. The van der Waals surface area contributed by atoms with Gasteiger partial charge in [0, 0.05) is 11.4 Å². The Morgan fingerprint density at radius 2 is 1.79 bits per heavy atom. The van der Waals surface area contributed by atoms with Crippen LogP contribution in [0.4, 0.5) is 11.5 Å². The van der Waals surface area contributed by atoms with Gasteiger partial charge in [-0.3, -0.25) is 0 Å². The smallest absolute Gasteiger partial charge is 0.221 e. The van der Waals surface area contributed by atoms with Crippen LogP contribution in [0, 0.1) is 0 Å². The van der Waals surface area contributed by atoms with Gasteiger partial charge in [-0.2, -0.15) is 0 Å². The van der Waals surface area contributed by atoms with Gasteiger partial charge in [0.25, 0.3) is 0 Å². The van der Waals surface area contributed by atoms with E-state index in [1.807, 2.05) is 38.1 Å². The van der Waals surface area contributed by atoms with Gasteiger partial charge < -0.3 is 9.67 Å². The second-order valence-corrected chi connectivity index (χ2v) is 6.59. The molecule has 1 aromatic carbocycles. The summed E-state index contributed by atoms with van der Waals surface area (Å²) in [6.45, 7) is 3.95. The van der Waals surface area contributed by atoms with Crippen LogP contribution in [0.1, 0.15) is 19.9 Å². The number of benzene rings is 1. The van der Waals surface area contributed by atoms with Crippen LogP contribution >= 0.6 is 34.8 Å². The molecule has 124 valence electrons. The lowest BCUT2D eigenvalue weighted by molar-refractivity contribution is 0.407. The minimum Gasteiger partial charge on any atom is -0.493 e. The third kappa shape index (κ3) is 2.95. The van der Waals surface area contributed by atoms with E-state index in [1.54, 1.807) is 4.57 Å². The molecular weight excluding hydrogens is 371 g/mol. The van der Waals surface area contributed by atoms with Crippen molar-refractivity contribution in [2.75, 3.05) is 0 Å². The molecule has 0 spiro atoms. The summed E-state index contributed by atoms with van der Waals surface area (Å²) in [4.78, 5) is 3.99. The molecule has 8 heteroatoms. The molecule has 24 heavy (non-hydrogen) atoms. The van der Waals surface area contributed by atoms with Crippen LogP contribution in [0.25, 0.3) is 10.9 Å². The van der Waals surface area contributed by atoms with Crippen LogP contribution < -0.4 is 0 Å². The van der Waals surface area contributed by atoms with Crippen LogP contribution in [0.5, 0.6) is 5.88 Å². The largest absolute Gasteiger partial charge is 0.493 e. The normalized spacial score (nSPS) is 11.9. The zero-order valence-corrected chi connectivity index (χ0v) is 15.1. The van der Waals surface area contributed by atoms with E-state index in [-0.39, 0.29) is 32.9 Å². The Morgan fingerprint density at radius 3 is 2.50 bits per heavy atom. The van der Waals surface area contributed by atoms with Crippen LogP contribution in [-0.2, 0) is 0 Å². The molecule has 5 nitrogen and oxygen atoms in total. The van der Waals surface area contributed by atoms with Gasteiger partial charge in [0.15, 0.2) is 11.5 Å². The van der Waals surface area contributed by atoms with Gasteiger partial charge in [-0.05, 0) is 26.0 Å². The van der Waals surface area contributed by atoms with Crippen molar-refractivity contribution in [3.8, 4) is 5.88 Å². The Bertz CT molecular complexity index is 950. The number of aromatic hydroxyl groups is 1. The van der Waals surface area contributed by atoms with Crippen LogP contribution in [0.2, 0.25) is 15.2 Å². The second kappa shape index (κ2) is 6.59. The first-order chi connectivity index (χ1) is 11.4. The van der Waals surface area contributed by atoms with E-state index in [2.05, 4.69) is 15.2 Å². The molecule has 2 aromatic heterocycles. The molecule has 0 radical (unpaired) electrons. The minimum atomic E-state index is 0.0335. The monoisotopic (exact) mass is 382 g/mol. The number of pyridine rings is 1. The van der Waals surface area contributed by atoms with Crippen molar-refractivity contribution in [1.82, 2.24) is 9.55 Å². The van der Waals surface area contributed by atoms with Crippen molar-refractivity contribution in [3.63, 3.8) is 0 Å². The Balaban J connectivity index is 2.14. The van der Waals surface area contributed by atoms with Gasteiger partial charge in [0.1, 0.15) is 5.15 Å². The summed E-state index contributed by atoms with van der Waals surface area (Å²) in [5, 5.41) is 20.0. The maximum atomic E-state index is 10.5. The molecule has 0 saturated heterocycles. The minimum absolute atomic E-state index is 0.0335. The van der Waals surface area contributed by atoms with E-state index in [4.69, 9.17) is 34.8 Å².